The number of aromatic nitrogens is 2. The number of benzene rings is 2. The first-order valence-corrected chi connectivity index (χ1v) is 14.4. The first kappa shape index (κ1) is 30.3. The summed E-state index contributed by atoms with van der Waals surface area (Å²) in [6.07, 6.45) is 2.03. The van der Waals surface area contributed by atoms with Gasteiger partial charge in [0, 0.05) is 25.7 Å². The summed E-state index contributed by atoms with van der Waals surface area (Å²) in [5, 5.41) is 5.77. The molecule has 2 aliphatic rings. The number of amides is 2. The maximum Gasteiger partial charge on any atom is 0.270 e. The maximum atomic E-state index is 13.8. The first-order valence-electron chi connectivity index (χ1n) is 14.4. The van der Waals surface area contributed by atoms with Crippen molar-refractivity contribution in [1.82, 2.24) is 25.5 Å². The smallest absolute Gasteiger partial charge is 0.270 e. The minimum absolute atomic E-state index is 0.154. The minimum atomic E-state index is -0.988. The van der Waals surface area contributed by atoms with E-state index in [-0.39, 0.29) is 17.9 Å². The predicted molar refractivity (Wildman–Crippen MR) is 158 cm³/mol. The zero-order chi connectivity index (χ0) is 30.2. The molecule has 3 aromatic rings. The summed E-state index contributed by atoms with van der Waals surface area (Å²) in [4.78, 5) is 51.6. The van der Waals surface area contributed by atoms with Gasteiger partial charge in [-0.1, -0.05) is 42.5 Å². The van der Waals surface area contributed by atoms with Crippen LogP contribution in [0.1, 0.15) is 34.4 Å². The molecule has 1 aromatic heterocycles. The average Bonchev–Trinajstić information content (AvgIpc) is 3.79. The number of carbonyl (C=O) groups is 3. The Kier molecular flexibility index (Phi) is 9.75. The fourth-order valence-corrected chi connectivity index (χ4v) is 4.95. The second-order valence-corrected chi connectivity index (χ2v) is 11.0. The Morgan fingerprint density at radius 2 is 1.63 bits per heavy atom. The van der Waals surface area contributed by atoms with E-state index in [1.165, 1.54) is 6.07 Å². The number of hydrogen-bond acceptors (Lipinski definition) is 9. The summed E-state index contributed by atoms with van der Waals surface area (Å²) in [6.45, 7) is 5.32. The van der Waals surface area contributed by atoms with Crippen LogP contribution in [0.2, 0.25) is 0 Å². The number of methoxy groups -OCH3 is 1. The van der Waals surface area contributed by atoms with Gasteiger partial charge < -0.3 is 24.8 Å². The lowest BCUT2D eigenvalue weighted by Crippen LogP contribution is -2.55. The quantitative estimate of drug-likeness (QED) is 0.287. The van der Waals surface area contributed by atoms with E-state index in [0.29, 0.717) is 44.4 Å². The van der Waals surface area contributed by atoms with E-state index < -0.39 is 29.5 Å². The number of hydrogen-bond donors (Lipinski definition) is 2. The Morgan fingerprint density at radius 1 is 0.953 bits per heavy atom. The molecule has 3 heterocycles. The van der Waals surface area contributed by atoms with E-state index in [2.05, 4.69) is 25.5 Å². The molecule has 0 saturated carbocycles. The molecule has 2 fully saturated rings. The lowest BCUT2D eigenvalue weighted by molar-refractivity contribution is -0.131. The first-order chi connectivity index (χ1) is 20.8. The number of rotatable bonds is 13. The molecular weight excluding hydrogens is 550 g/mol. The zero-order valence-corrected chi connectivity index (χ0v) is 24.5. The average molecular weight is 588 g/mol. The van der Waals surface area contributed by atoms with E-state index in [9.17, 15) is 14.4 Å². The fraction of sp³-hybridized carbons (Fsp3) is 0.406. The second kappa shape index (κ2) is 13.9. The van der Waals surface area contributed by atoms with Crippen LogP contribution >= 0.6 is 0 Å². The highest BCUT2D eigenvalue weighted by Crippen LogP contribution is 2.29. The van der Waals surface area contributed by atoms with Gasteiger partial charge in [0.2, 0.25) is 5.91 Å². The molecule has 2 aromatic carbocycles. The van der Waals surface area contributed by atoms with E-state index in [4.69, 9.17) is 14.2 Å². The summed E-state index contributed by atoms with van der Waals surface area (Å²) >= 11 is 0. The van der Waals surface area contributed by atoms with E-state index in [0.717, 1.165) is 24.2 Å². The molecule has 11 nitrogen and oxygen atoms in total. The van der Waals surface area contributed by atoms with E-state index in [1.807, 2.05) is 42.5 Å². The number of nitrogens with zero attached hydrogens (tertiary/aromatic N) is 3. The topological polar surface area (TPSA) is 135 Å². The van der Waals surface area contributed by atoms with Gasteiger partial charge in [-0.3, -0.25) is 19.3 Å². The summed E-state index contributed by atoms with van der Waals surface area (Å²) in [7, 11) is 1.58. The molecule has 3 unspecified atom stereocenters. The summed E-state index contributed by atoms with van der Waals surface area (Å²) in [5.74, 6) is -0.0125. The lowest BCUT2D eigenvalue weighted by Gasteiger charge is -2.26. The van der Waals surface area contributed by atoms with Gasteiger partial charge in [0.15, 0.2) is 5.78 Å². The van der Waals surface area contributed by atoms with Crippen LogP contribution in [0.4, 0.5) is 0 Å². The molecule has 11 heteroatoms. The number of Topliss-reactive ketones (excluding diaryl/α,β-unsaturated/α-hetero) is 1. The van der Waals surface area contributed by atoms with Crippen LogP contribution in [0.3, 0.4) is 0 Å². The molecule has 2 amide bonds. The van der Waals surface area contributed by atoms with Crippen molar-refractivity contribution >= 4 is 17.6 Å². The molecule has 0 aliphatic carbocycles. The SMILES string of the molecule is COc1ccc(CC(NC(=O)c2ccnc(CN3CCOCC3)n2)C(=O)NC(Cc2ccccc2)C(=O)C2(C)CO2)cc1. The Labute approximate surface area is 250 Å². The summed E-state index contributed by atoms with van der Waals surface area (Å²) in [6, 6.07) is 16.4. The molecule has 3 atom stereocenters. The zero-order valence-electron chi connectivity index (χ0n) is 24.5. The highest BCUT2D eigenvalue weighted by molar-refractivity contribution is 5.99. The molecule has 5 rings (SSSR count). The number of ketones is 1. The number of ether oxygens (including phenoxy) is 3. The Balaban J connectivity index is 1.34. The Hall–Kier alpha value is -4.19. The van der Waals surface area contributed by atoms with Crippen LogP contribution in [-0.2, 0) is 38.4 Å². The van der Waals surface area contributed by atoms with Crippen LogP contribution < -0.4 is 15.4 Å². The van der Waals surface area contributed by atoms with Gasteiger partial charge in [-0.2, -0.15) is 0 Å². The van der Waals surface area contributed by atoms with Crippen LogP contribution in [-0.4, -0.2) is 90.2 Å². The maximum absolute atomic E-state index is 13.8. The molecule has 43 heavy (non-hydrogen) atoms. The molecule has 0 bridgehead atoms. The van der Waals surface area contributed by atoms with Crippen molar-refractivity contribution in [3.05, 3.63) is 89.5 Å². The van der Waals surface area contributed by atoms with E-state index >= 15 is 0 Å². The number of epoxide rings is 1. The van der Waals surface area contributed by atoms with Gasteiger partial charge in [-0.15, -0.1) is 0 Å². The monoisotopic (exact) mass is 587 g/mol. The van der Waals surface area contributed by atoms with Crippen LogP contribution in [0.5, 0.6) is 5.75 Å². The standard InChI is InChI=1S/C32H37N5O6/c1-32(21-43-32)29(38)26(18-22-6-4-3-5-7-22)35-31(40)27(19-23-8-10-24(41-2)11-9-23)36-30(39)25-12-13-33-28(34-25)20-37-14-16-42-17-15-37/h3-13,26-27H,14-21H2,1-2H3,(H,35,40)(H,36,39). The normalized spacial score (nSPS) is 19.6. The molecule has 2 N–H and O–H groups in total. The Morgan fingerprint density at radius 3 is 2.30 bits per heavy atom. The number of carbonyl (C=O) groups excluding carboxylic acids is 3. The fourth-order valence-electron chi connectivity index (χ4n) is 4.95. The lowest BCUT2D eigenvalue weighted by atomic mass is 9.94. The van der Waals surface area contributed by atoms with Gasteiger partial charge in [0.25, 0.3) is 5.91 Å². The van der Waals surface area contributed by atoms with Crippen molar-refractivity contribution < 1.29 is 28.6 Å². The van der Waals surface area contributed by atoms with Crippen LogP contribution in [0.25, 0.3) is 0 Å². The van der Waals surface area contributed by atoms with Gasteiger partial charge in [-0.25, -0.2) is 9.97 Å². The van der Waals surface area contributed by atoms with Gasteiger partial charge >= 0.3 is 0 Å². The number of morpholine rings is 1. The molecule has 0 radical (unpaired) electrons. The van der Waals surface area contributed by atoms with Crippen molar-refractivity contribution in [3.63, 3.8) is 0 Å². The third-order valence-corrected chi connectivity index (χ3v) is 7.64. The molecular formula is C32H37N5O6. The molecule has 2 saturated heterocycles. The van der Waals surface area contributed by atoms with Crippen molar-refractivity contribution in [1.29, 1.82) is 0 Å². The molecule has 2 aliphatic heterocycles. The third-order valence-electron chi connectivity index (χ3n) is 7.64. The van der Waals surface area contributed by atoms with Gasteiger partial charge in [-0.05, 0) is 42.7 Å². The van der Waals surface area contributed by atoms with Gasteiger partial charge in [0.05, 0.1) is 39.5 Å². The minimum Gasteiger partial charge on any atom is -0.497 e. The number of nitrogens with one attached hydrogen (secondary N) is 2. The largest absolute Gasteiger partial charge is 0.497 e. The molecule has 0 spiro atoms. The third kappa shape index (κ3) is 8.22. The second-order valence-electron chi connectivity index (χ2n) is 11.0. The summed E-state index contributed by atoms with van der Waals surface area (Å²) in [5.41, 5.74) is 0.927. The highest BCUT2D eigenvalue weighted by Gasteiger charge is 2.50. The van der Waals surface area contributed by atoms with Crippen LogP contribution in [0.15, 0.2) is 66.9 Å². The van der Waals surface area contributed by atoms with Crippen LogP contribution in [0, 0.1) is 0 Å². The Bertz CT molecular complexity index is 1410. The predicted octanol–water partition coefficient (Wildman–Crippen LogP) is 1.74. The molecule has 226 valence electrons. The summed E-state index contributed by atoms with van der Waals surface area (Å²) < 4.78 is 16.1. The highest BCUT2D eigenvalue weighted by atomic mass is 16.6. The van der Waals surface area contributed by atoms with Crippen molar-refractivity contribution in [2.24, 2.45) is 0 Å². The van der Waals surface area contributed by atoms with Crippen molar-refractivity contribution in [2.75, 3.05) is 40.0 Å². The van der Waals surface area contributed by atoms with Crippen molar-refractivity contribution in [3.8, 4) is 5.75 Å². The van der Waals surface area contributed by atoms with Crippen molar-refractivity contribution in [2.45, 2.75) is 44.0 Å². The van der Waals surface area contributed by atoms with Gasteiger partial charge in [0.1, 0.15) is 28.9 Å². The van der Waals surface area contributed by atoms with E-state index in [1.54, 1.807) is 32.4 Å².